The van der Waals surface area contributed by atoms with Crippen LogP contribution < -0.4 is 10.6 Å². The first-order chi connectivity index (χ1) is 19.4. The SMILES string of the molecule is CCN(c1ccccc1)c1c(-c2cccc(C)c2)nc(O)c(Sc2ccc(-c3ccccc3C(N)=O)cc2)c1O. The van der Waals surface area contributed by atoms with Crippen molar-refractivity contribution in [3.63, 3.8) is 0 Å². The molecule has 1 aromatic heterocycles. The molecule has 0 fully saturated rings. The number of amides is 1. The summed E-state index contributed by atoms with van der Waals surface area (Å²) in [4.78, 5) is 19.5. The number of aromatic hydroxyl groups is 2. The van der Waals surface area contributed by atoms with Crippen molar-refractivity contribution in [3.8, 4) is 34.0 Å². The zero-order chi connectivity index (χ0) is 28.2. The highest BCUT2D eigenvalue weighted by Gasteiger charge is 2.26. The smallest absolute Gasteiger partial charge is 0.249 e. The molecule has 6 nitrogen and oxygen atoms in total. The molecule has 1 heterocycles. The lowest BCUT2D eigenvalue weighted by atomic mass is 9.99. The summed E-state index contributed by atoms with van der Waals surface area (Å²) in [6.07, 6.45) is 0. The van der Waals surface area contributed by atoms with Crippen LogP contribution in [0.5, 0.6) is 11.6 Å². The van der Waals surface area contributed by atoms with Crippen LogP contribution in [0.2, 0.25) is 0 Å². The van der Waals surface area contributed by atoms with Gasteiger partial charge in [0, 0.05) is 28.3 Å². The molecular weight excluding hydrogens is 518 g/mol. The highest BCUT2D eigenvalue weighted by molar-refractivity contribution is 7.99. The number of pyridine rings is 1. The lowest BCUT2D eigenvalue weighted by Crippen LogP contribution is -2.18. The van der Waals surface area contributed by atoms with Crippen LogP contribution in [0, 0.1) is 6.92 Å². The third kappa shape index (κ3) is 5.37. The molecule has 4 aromatic carbocycles. The molecule has 0 bridgehead atoms. The van der Waals surface area contributed by atoms with E-state index in [0.717, 1.165) is 32.8 Å². The van der Waals surface area contributed by atoms with E-state index in [9.17, 15) is 15.0 Å². The van der Waals surface area contributed by atoms with E-state index in [-0.39, 0.29) is 16.5 Å². The molecule has 0 atom stereocenters. The number of nitrogens with two attached hydrogens (primary N) is 1. The molecule has 0 aliphatic carbocycles. The average Bonchev–Trinajstić information content (AvgIpc) is 2.97. The Morgan fingerprint density at radius 3 is 2.25 bits per heavy atom. The molecular formula is C33H29N3O3S. The quantitative estimate of drug-likeness (QED) is 0.186. The van der Waals surface area contributed by atoms with Crippen molar-refractivity contribution in [2.75, 3.05) is 11.4 Å². The Balaban J connectivity index is 1.59. The number of hydrogen-bond acceptors (Lipinski definition) is 6. The number of benzene rings is 4. The predicted octanol–water partition coefficient (Wildman–Crippen LogP) is 7.54. The summed E-state index contributed by atoms with van der Waals surface area (Å²) in [6, 6.07) is 32.3. The zero-order valence-corrected chi connectivity index (χ0v) is 23.0. The van der Waals surface area contributed by atoms with Gasteiger partial charge in [0.15, 0.2) is 5.75 Å². The minimum atomic E-state index is -0.491. The van der Waals surface area contributed by atoms with E-state index in [4.69, 9.17) is 5.73 Å². The lowest BCUT2D eigenvalue weighted by Gasteiger charge is -2.27. The van der Waals surface area contributed by atoms with Gasteiger partial charge in [-0.25, -0.2) is 4.98 Å². The molecule has 0 spiro atoms. The van der Waals surface area contributed by atoms with Crippen LogP contribution in [-0.4, -0.2) is 27.6 Å². The van der Waals surface area contributed by atoms with Crippen molar-refractivity contribution in [1.29, 1.82) is 0 Å². The van der Waals surface area contributed by atoms with E-state index in [1.54, 1.807) is 12.1 Å². The summed E-state index contributed by atoms with van der Waals surface area (Å²) in [6.45, 7) is 4.57. The van der Waals surface area contributed by atoms with Crippen LogP contribution in [0.15, 0.2) is 113 Å². The van der Waals surface area contributed by atoms with Crippen LogP contribution >= 0.6 is 11.8 Å². The minimum absolute atomic E-state index is 0.0529. The number of nitrogens with zero attached hydrogens (tertiary/aromatic N) is 2. The maximum atomic E-state index is 11.9. The van der Waals surface area contributed by atoms with Crippen LogP contribution in [0.1, 0.15) is 22.8 Å². The molecule has 4 N–H and O–H groups in total. The summed E-state index contributed by atoms with van der Waals surface area (Å²) < 4.78 is 0. The third-order valence-corrected chi connectivity index (χ3v) is 7.70. The number of anilines is 2. The Morgan fingerprint density at radius 1 is 0.875 bits per heavy atom. The summed E-state index contributed by atoms with van der Waals surface area (Å²) in [7, 11) is 0. The van der Waals surface area contributed by atoms with Gasteiger partial charge in [-0.3, -0.25) is 4.79 Å². The molecule has 0 aliphatic heterocycles. The molecule has 7 heteroatoms. The minimum Gasteiger partial charge on any atom is -0.504 e. The van der Waals surface area contributed by atoms with Gasteiger partial charge in [0.2, 0.25) is 11.8 Å². The van der Waals surface area contributed by atoms with Crippen molar-refractivity contribution in [2.45, 2.75) is 23.6 Å². The van der Waals surface area contributed by atoms with Crippen molar-refractivity contribution < 1.29 is 15.0 Å². The second-order valence-electron chi connectivity index (χ2n) is 9.30. The van der Waals surface area contributed by atoms with Gasteiger partial charge in [0.25, 0.3) is 0 Å². The highest BCUT2D eigenvalue weighted by atomic mass is 32.2. The van der Waals surface area contributed by atoms with Crippen LogP contribution in [0.25, 0.3) is 22.4 Å². The van der Waals surface area contributed by atoms with Gasteiger partial charge in [0.1, 0.15) is 16.3 Å². The number of hydrogen-bond donors (Lipinski definition) is 3. The number of primary amides is 1. The average molecular weight is 548 g/mol. The van der Waals surface area contributed by atoms with Gasteiger partial charge >= 0.3 is 0 Å². The summed E-state index contributed by atoms with van der Waals surface area (Å²) in [5.74, 6) is -0.798. The maximum absolute atomic E-state index is 11.9. The van der Waals surface area contributed by atoms with E-state index in [2.05, 4.69) is 4.98 Å². The lowest BCUT2D eigenvalue weighted by molar-refractivity contribution is 0.100. The van der Waals surface area contributed by atoms with E-state index < -0.39 is 5.91 Å². The Hall–Kier alpha value is -4.75. The first kappa shape index (κ1) is 26.8. The van der Waals surface area contributed by atoms with Gasteiger partial charge in [-0.15, -0.1) is 0 Å². The number of carbonyl (C=O) groups is 1. The summed E-state index contributed by atoms with van der Waals surface area (Å²) >= 11 is 1.22. The van der Waals surface area contributed by atoms with E-state index in [1.165, 1.54) is 11.8 Å². The first-order valence-corrected chi connectivity index (χ1v) is 13.7. The molecule has 40 heavy (non-hydrogen) atoms. The Morgan fingerprint density at radius 2 is 1.57 bits per heavy atom. The molecule has 0 unspecified atom stereocenters. The van der Waals surface area contributed by atoms with Gasteiger partial charge < -0.3 is 20.8 Å². The topological polar surface area (TPSA) is 99.7 Å². The van der Waals surface area contributed by atoms with Crippen LogP contribution in [0.4, 0.5) is 11.4 Å². The molecule has 0 aliphatic rings. The second kappa shape index (κ2) is 11.6. The van der Waals surface area contributed by atoms with E-state index in [1.807, 2.05) is 110 Å². The largest absolute Gasteiger partial charge is 0.504 e. The molecule has 1 amide bonds. The monoisotopic (exact) mass is 547 g/mol. The van der Waals surface area contributed by atoms with Crippen LogP contribution in [0.3, 0.4) is 0 Å². The molecule has 0 saturated carbocycles. The number of rotatable bonds is 8. The molecule has 0 radical (unpaired) electrons. The van der Waals surface area contributed by atoms with Crippen LogP contribution in [-0.2, 0) is 0 Å². The van der Waals surface area contributed by atoms with E-state index >= 15 is 0 Å². The fourth-order valence-electron chi connectivity index (χ4n) is 4.73. The van der Waals surface area contributed by atoms with E-state index in [0.29, 0.717) is 23.5 Å². The zero-order valence-electron chi connectivity index (χ0n) is 22.2. The number of aromatic nitrogens is 1. The number of para-hydroxylation sites is 1. The maximum Gasteiger partial charge on any atom is 0.249 e. The van der Waals surface area contributed by atoms with Crippen molar-refractivity contribution in [1.82, 2.24) is 4.98 Å². The Bertz CT molecular complexity index is 1670. The van der Waals surface area contributed by atoms with Gasteiger partial charge in [-0.05, 0) is 61.4 Å². The fraction of sp³-hybridized carbons (Fsp3) is 0.0909. The van der Waals surface area contributed by atoms with Gasteiger partial charge in [-0.1, -0.05) is 84.1 Å². The summed E-state index contributed by atoms with van der Waals surface area (Å²) in [5.41, 5.74) is 11.3. The molecule has 5 rings (SSSR count). The molecule has 200 valence electrons. The summed E-state index contributed by atoms with van der Waals surface area (Å²) in [5, 5.41) is 22.8. The normalized spacial score (nSPS) is 10.8. The fourth-order valence-corrected chi connectivity index (χ4v) is 5.56. The Kier molecular flexibility index (Phi) is 7.75. The first-order valence-electron chi connectivity index (χ1n) is 12.9. The number of aryl methyl sites for hydroxylation is 1. The highest BCUT2D eigenvalue weighted by Crippen LogP contribution is 2.50. The second-order valence-corrected chi connectivity index (χ2v) is 10.4. The molecule has 5 aromatic rings. The third-order valence-electron chi connectivity index (χ3n) is 6.61. The molecule has 0 saturated heterocycles. The Labute approximate surface area is 237 Å². The standard InChI is InChI=1S/C33H29N3O3S/c1-3-36(24-12-5-4-6-13-24)29-28(23-11-9-10-21(2)20-23)35-33(39)31(30(29)37)40-25-18-16-22(17-19-25)26-14-7-8-15-27(26)32(34)38/h4-20H,3H2,1-2H3,(H2,34,38)(H2,35,37,39). The van der Waals surface area contributed by atoms with Crippen molar-refractivity contribution in [2.24, 2.45) is 5.73 Å². The number of carbonyl (C=O) groups excluding carboxylic acids is 1. The van der Waals surface area contributed by atoms with Gasteiger partial charge in [-0.2, -0.15) is 0 Å². The van der Waals surface area contributed by atoms with Gasteiger partial charge in [0.05, 0.1) is 0 Å². The van der Waals surface area contributed by atoms with Crippen molar-refractivity contribution in [3.05, 3.63) is 114 Å². The predicted molar refractivity (Wildman–Crippen MR) is 161 cm³/mol. The van der Waals surface area contributed by atoms with Crippen molar-refractivity contribution >= 4 is 29.0 Å².